The van der Waals surface area contributed by atoms with E-state index in [0.717, 1.165) is 23.8 Å². The number of aromatic nitrogens is 2. The summed E-state index contributed by atoms with van der Waals surface area (Å²) in [6, 6.07) is 8.90. The Hall–Kier alpha value is -1.61. The van der Waals surface area contributed by atoms with Gasteiger partial charge in [-0.2, -0.15) is 0 Å². The predicted octanol–water partition coefficient (Wildman–Crippen LogP) is 4.19. The molecule has 1 N–H and O–H groups in total. The summed E-state index contributed by atoms with van der Waals surface area (Å²) >= 11 is 0. The van der Waals surface area contributed by atoms with Gasteiger partial charge in [0.05, 0.1) is 17.6 Å². The Morgan fingerprint density at radius 3 is 3.04 bits per heavy atom. The van der Waals surface area contributed by atoms with E-state index >= 15 is 0 Å². The van der Waals surface area contributed by atoms with Crippen LogP contribution in [0.5, 0.6) is 0 Å². The topological polar surface area (TPSA) is 29.9 Å². The lowest BCUT2D eigenvalue weighted by Gasteiger charge is -2.41. The Labute approximate surface area is 138 Å². The number of aryl methyl sites for hydroxylation is 1. The molecule has 1 aromatic heterocycles. The molecule has 2 aliphatic rings. The summed E-state index contributed by atoms with van der Waals surface area (Å²) in [6.45, 7) is 5.63. The van der Waals surface area contributed by atoms with Gasteiger partial charge in [-0.15, -0.1) is 0 Å². The third-order valence-electron chi connectivity index (χ3n) is 6.11. The number of allylic oxidation sites excluding steroid dienone is 2. The highest BCUT2D eigenvalue weighted by Gasteiger charge is 2.43. The molecule has 122 valence electrons. The Balaban J connectivity index is 1.49. The zero-order valence-corrected chi connectivity index (χ0v) is 14.5. The van der Waals surface area contributed by atoms with Gasteiger partial charge in [0.25, 0.3) is 0 Å². The van der Waals surface area contributed by atoms with E-state index in [-0.39, 0.29) is 0 Å². The summed E-state index contributed by atoms with van der Waals surface area (Å²) in [5.41, 5.74) is 4.44. The highest BCUT2D eigenvalue weighted by molar-refractivity contribution is 5.75. The van der Waals surface area contributed by atoms with Crippen molar-refractivity contribution in [2.45, 2.75) is 52.1 Å². The minimum Gasteiger partial charge on any atom is -0.330 e. The SMILES string of the molecule is CC1CC2=CCC(C(C)NCc3nc4ccccc4n3C)(C2)C1. The van der Waals surface area contributed by atoms with Crippen molar-refractivity contribution in [2.75, 3.05) is 0 Å². The summed E-state index contributed by atoms with van der Waals surface area (Å²) in [4.78, 5) is 4.79. The van der Waals surface area contributed by atoms with E-state index in [0.29, 0.717) is 11.5 Å². The van der Waals surface area contributed by atoms with Gasteiger partial charge in [-0.05, 0) is 56.1 Å². The quantitative estimate of drug-likeness (QED) is 0.858. The monoisotopic (exact) mass is 309 g/mol. The number of rotatable bonds is 4. The van der Waals surface area contributed by atoms with Gasteiger partial charge in [0.1, 0.15) is 5.82 Å². The molecule has 1 heterocycles. The average Bonchev–Trinajstić information content (AvgIpc) is 3.03. The van der Waals surface area contributed by atoms with Crippen LogP contribution in [0.1, 0.15) is 45.4 Å². The van der Waals surface area contributed by atoms with E-state index in [2.05, 4.69) is 61.1 Å². The summed E-state index contributed by atoms with van der Waals surface area (Å²) in [7, 11) is 2.12. The molecule has 0 amide bonds. The van der Waals surface area contributed by atoms with Crippen molar-refractivity contribution >= 4 is 11.0 Å². The summed E-state index contributed by atoms with van der Waals surface area (Å²) < 4.78 is 2.22. The molecule has 2 aromatic rings. The molecular weight excluding hydrogens is 282 g/mol. The van der Waals surface area contributed by atoms with Crippen molar-refractivity contribution in [1.82, 2.24) is 14.9 Å². The molecule has 0 saturated heterocycles. The number of fused-ring (bicyclic) bond motifs is 3. The van der Waals surface area contributed by atoms with E-state index in [1.165, 1.54) is 31.2 Å². The lowest BCUT2D eigenvalue weighted by Crippen LogP contribution is -2.44. The number of hydrogen-bond acceptors (Lipinski definition) is 2. The van der Waals surface area contributed by atoms with Crippen LogP contribution < -0.4 is 5.32 Å². The van der Waals surface area contributed by atoms with Crippen molar-refractivity contribution in [2.24, 2.45) is 18.4 Å². The molecule has 3 unspecified atom stereocenters. The first-order chi connectivity index (χ1) is 11.1. The van der Waals surface area contributed by atoms with Gasteiger partial charge >= 0.3 is 0 Å². The zero-order valence-electron chi connectivity index (χ0n) is 14.5. The first kappa shape index (κ1) is 14.9. The molecule has 3 atom stereocenters. The first-order valence-electron chi connectivity index (χ1n) is 8.89. The largest absolute Gasteiger partial charge is 0.330 e. The van der Waals surface area contributed by atoms with Crippen LogP contribution in [0, 0.1) is 11.3 Å². The highest BCUT2D eigenvalue weighted by Crippen LogP contribution is 2.51. The molecule has 23 heavy (non-hydrogen) atoms. The smallest absolute Gasteiger partial charge is 0.123 e. The van der Waals surface area contributed by atoms with Gasteiger partial charge in [0.2, 0.25) is 0 Å². The minimum atomic E-state index is 0.442. The normalized spacial score (nSPS) is 28.1. The molecule has 0 aliphatic heterocycles. The maximum atomic E-state index is 4.79. The molecule has 2 bridgehead atoms. The molecule has 2 aliphatic carbocycles. The fourth-order valence-corrected chi connectivity index (χ4v) is 4.79. The zero-order chi connectivity index (χ0) is 16.0. The van der Waals surface area contributed by atoms with Gasteiger partial charge in [-0.3, -0.25) is 0 Å². The maximum absolute atomic E-state index is 4.79. The second-order valence-electron chi connectivity index (χ2n) is 7.80. The van der Waals surface area contributed by atoms with Crippen LogP contribution in [0.15, 0.2) is 35.9 Å². The van der Waals surface area contributed by atoms with Crippen LogP contribution in [0.3, 0.4) is 0 Å². The lowest BCUT2D eigenvalue weighted by molar-refractivity contribution is 0.146. The fourth-order valence-electron chi connectivity index (χ4n) is 4.79. The predicted molar refractivity (Wildman–Crippen MR) is 95.2 cm³/mol. The summed E-state index contributed by atoms with van der Waals surface area (Å²) in [6.07, 6.45) is 7.73. The van der Waals surface area contributed by atoms with E-state index in [4.69, 9.17) is 4.98 Å². The molecule has 1 fully saturated rings. The average molecular weight is 309 g/mol. The van der Waals surface area contributed by atoms with Crippen molar-refractivity contribution in [1.29, 1.82) is 0 Å². The van der Waals surface area contributed by atoms with Gasteiger partial charge in [0, 0.05) is 13.1 Å². The van der Waals surface area contributed by atoms with Crippen molar-refractivity contribution in [3.05, 3.63) is 41.7 Å². The number of imidazole rings is 1. The number of nitrogens with one attached hydrogen (secondary N) is 1. The van der Waals surface area contributed by atoms with Crippen LogP contribution in [0.4, 0.5) is 0 Å². The minimum absolute atomic E-state index is 0.442. The Kier molecular flexibility index (Phi) is 3.56. The molecule has 1 aromatic carbocycles. The second-order valence-corrected chi connectivity index (χ2v) is 7.80. The molecule has 4 rings (SSSR count). The number of nitrogens with zero attached hydrogens (tertiary/aromatic N) is 2. The molecule has 1 saturated carbocycles. The van der Waals surface area contributed by atoms with Crippen molar-refractivity contribution in [3.8, 4) is 0 Å². The molecule has 3 heteroatoms. The molecule has 3 nitrogen and oxygen atoms in total. The van der Waals surface area contributed by atoms with Crippen LogP contribution in [-0.4, -0.2) is 15.6 Å². The van der Waals surface area contributed by atoms with E-state index in [9.17, 15) is 0 Å². The number of benzene rings is 1. The van der Waals surface area contributed by atoms with Crippen molar-refractivity contribution in [3.63, 3.8) is 0 Å². The molecular formula is C20H27N3. The standard InChI is InChI=1S/C20H27N3/c1-14-10-16-8-9-20(11-14,12-16)15(2)21-13-19-22-17-6-4-5-7-18(17)23(19)3/h4-8,14-15,21H,9-13H2,1-3H3. The van der Waals surface area contributed by atoms with Crippen LogP contribution in [-0.2, 0) is 13.6 Å². The van der Waals surface area contributed by atoms with Gasteiger partial charge in [-0.1, -0.05) is 30.7 Å². The Bertz CT molecular complexity index is 757. The van der Waals surface area contributed by atoms with Crippen LogP contribution in [0.25, 0.3) is 11.0 Å². The van der Waals surface area contributed by atoms with Gasteiger partial charge in [0.15, 0.2) is 0 Å². The van der Waals surface area contributed by atoms with Crippen molar-refractivity contribution < 1.29 is 0 Å². The summed E-state index contributed by atoms with van der Waals surface area (Å²) in [5.74, 6) is 1.96. The van der Waals surface area contributed by atoms with Crippen LogP contribution in [0.2, 0.25) is 0 Å². The fraction of sp³-hybridized carbons (Fsp3) is 0.550. The second kappa shape index (κ2) is 5.48. The Morgan fingerprint density at radius 2 is 2.22 bits per heavy atom. The lowest BCUT2D eigenvalue weighted by atomic mass is 9.67. The third-order valence-corrected chi connectivity index (χ3v) is 6.11. The van der Waals surface area contributed by atoms with Crippen LogP contribution >= 0.6 is 0 Å². The van der Waals surface area contributed by atoms with E-state index in [1.54, 1.807) is 5.57 Å². The van der Waals surface area contributed by atoms with E-state index < -0.39 is 0 Å². The number of hydrogen-bond donors (Lipinski definition) is 1. The molecule has 0 spiro atoms. The number of para-hydroxylation sites is 2. The van der Waals surface area contributed by atoms with E-state index in [1.807, 2.05) is 0 Å². The van der Waals surface area contributed by atoms with Gasteiger partial charge in [-0.25, -0.2) is 4.98 Å². The summed E-state index contributed by atoms with van der Waals surface area (Å²) in [5, 5.41) is 3.79. The van der Waals surface area contributed by atoms with Gasteiger partial charge < -0.3 is 9.88 Å². The third kappa shape index (κ3) is 2.51. The maximum Gasteiger partial charge on any atom is 0.123 e. The Morgan fingerprint density at radius 1 is 1.39 bits per heavy atom. The molecule has 0 radical (unpaired) electrons. The first-order valence-corrected chi connectivity index (χ1v) is 8.89. The highest BCUT2D eigenvalue weighted by atomic mass is 15.1.